The molecule has 4 heteroatoms. The fraction of sp³-hybridized carbons (Fsp3) is 0.588. The van der Waals surface area contributed by atoms with Crippen LogP contribution in [0.3, 0.4) is 0 Å². The van der Waals surface area contributed by atoms with Crippen molar-refractivity contribution >= 4 is 11.6 Å². The first-order valence-electron chi connectivity index (χ1n) is 8.23. The topological polar surface area (TPSA) is 41.4 Å². The van der Waals surface area contributed by atoms with Gasteiger partial charge in [-0.1, -0.05) is 18.2 Å². The summed E-state index contributed by atoms with van der Waals surface area (Å²) >= 11 is 0. The molecule has 0 saturated heterocycles. The monoisotopic (exact) mass is 291 g/mol. The first kappa shape index (κ1) is 16.0. The van der Waals surface area contributed by atoms with Gasteiger partial charge >= 0.3 is 0 Å². The number of hydrogen-bond acceptors (Lipinski definition) is 1. The van der Waals surface area contributed by atoms with E-state index in [1.807, 2.05) is 17.9 Å². The first-order chi connectivity index (χ1) is 10.2. The molecule has 1 atom stereocenters. The van der Waals surface area contributed by atoms with Gasteiger partial charge in [0.1, 0.15) is 13.1 Å². The zero-order chi connectivity index (χ0) is 15.2. The van der Waals surface area contributed by atoms with Crippen molar-refractivity contribution in [1.82, 2.24) is 0 Å². The number of carbonyl (C=O) groups excluding carboxylic acids is 1. The maximum atomic E-state index is 12.6. The lowest BCUT2D eigenvalue weighted by Crippen LogP contribution is -3.14. The van der Waals surface area contributed by atoms with Crippen LogP contribution < -0.4 is 15.1 Å². The Morgan fingerprint density at radius 2 is 2.05 bits per heavy atom. The molecular weight excluding hydrogens is 262 g/mol. The summed E-state index contributed by atoms with van der Waals surface area (Å²) in [6, 6.07) is 8.26. The van der Waals surface area contributed by atoms with Crippen LogP contribution in [0.25, 0.3) is 0 Å². The summed E-state index contributed by atoms with van der Waals surface area (Å²) in [5, 5.41) is 2.19. The number of para-hydroxylation sites is 1. The van der Waals surface area contributed by atoms with Gasteiger partial charge < -0.3 is 15.1 Å². The quantitative estimate of drug-likeness (QED) is 0.696. The average molecular weight is 291 g/mol. The number of nitrogens with two attached hydrogens (primary N) is 1. The van der Waals surface area contributed by atoms with Crippen molar-refractivity contribution in [1.29, 1.82) is 0 Å². The molecule has 2 rings (SSSR count). The summed E-state index contributed by atoms with van der Waals surface area (Å²) in [7, 11) is 0. The molecule has 0 aliphatic carbocycles. The summed E-state index contributed by atoms with van der Waals surface area (Å²) in [5.74, 6) is 0.245. The first-order valence-corrected chi connectivity index (χ1v) is 8.23. The molecule has 3 N–H and O–H groups in total. The third-order valence-corrected chi connectivity index (χ3v) is 4.56. The SMILES string of the molecule is CC[NH+](CC)CC[NH2+][C@@H](C)C(=O)N1CCc2ccccc21. The minimum absolute atomic E-state index is 0.00567. The van der Waals surface area contributed by atoms with E-state index in [1.54, 1.807) is 4.90 Å². The summed E-state index contributed by atoms with van der Waals surface area (Å²) in [6.07, 6.45) is 0.984. The second-order valence-corrected chi connectivity index (χ2v) is 5.89. The maximum Gasteiger partial charge on any atom is 0.284 e. The van der Waals surface area contributed by atoms with E-state index in [9.17, 15) is 4.79 Å². The molecule has 1 aromatic carbocycles. The van der Waals surface area contributed by atoms with Crippen LogP contribution in [-0.4, -0.2) is 44.7 Å². The fourth-order valence-corrected chi connectivity index (χ4v) is 3.05. The highest BCUT2D eigenvalue weighted by molar-refractivity contribution is 5.97. The van der Waals surface area contributed by atoms with E-state index < -0.39 is 0 Å². The van der Waals surface area contributed by atoms with E-state index >= 15 is 0 Å². The Hall–Kier alpha value is -1.39. The van der Waals surface area contributed by atoms with Crippen molar-refractivity contribution in [2.45, 2.75) is 33.2 Å². The molecule has 0 spiro atoms. The van der Waals surface area contributed by atoms with Gasteiger partial charge in [-0.3, -0.25) is 4.79 Å². The predicted molar refractivity (Wildman–Crippen MR) is 85.7 cm³/mol. The lowest BCUT2D eigenvalue weighted by atomic mass is 10.2. The minimum Gasteiger partial charge on any atom is -0.332 e. The predicted octanol–water partition coefficient (Wildman–Crippen LogP) is -0.548. The molecule has 1 aromatic rings. The Morgan fingerprint density at radius 3 is 2.76 bits per heavy atom. The number of quaternary nitrogens is 2. The van der Waals surface area contributed by atoms with Gasteiger partial charge in [-0.2, -0.15) is 0 Å². The largest absolute Gasteiger partial charge is 0.332 e. The molecule has 0 aromatic heterocycles. The number of nitrogens with one attached hydrogen (secondary N) is 1. The molecule has 116 valence electrons. The number of likely N-dealkylation sites (N-methyl/N-ethyl adjacent to an activating group) is 1. The number of amides is 1. The van der Waals surface area contributed by atoms with Gasteiger partial charge in [-0.25, -0.2) is 0 Å². The highest BCUT2D eigenvalue weighted by Crippen LogP contribution is 2.27. The zero-order valence-electron chi connectivity index (χ0n) is 13.6. The van der Waals surface area contributed by atoms with Gasteiger partial charge in [0.2, 0.25) is 0 Å². The van der Waals surface area contributed by atoms with Gasteiger partial charge in [-0.15, -0.1) is 0 Å². The normalized spacial score (nSPS) is 15.3. The Bertz CT molecular complexity index is 471. The molecule has 21 heavy (non-hydrogen) atoms. The lowest BCUT2D eigenvalue weighted by Gasteiger charge is -2.21. The highest BCUT2D eigenvalue weighted by atomic mass is 16.2. The van der Waals surface area contributed by atoms with E-state index in [4.69, 9.17) is 0 Å². The number of benzene rings is 1. The molecule has 1 aliphatic rings. The second-order valence-electron chi connectivity index (χ2n) is 5.89. The van der Waals surface area contributed by atoms with Crippen LogP contribution in [-0.2, 0) is 11.2 Å². The fourth-order valence-electron chi connectivity index (χ4n) is 3.05. The van der Waals surface area contributed by atoms with Gasteiger partial charge in [0, 0.05) is 12.2 Å². The maximum absolute atomic E-state index is 12.6. The Morgan fingerprint density at radius 1 is 1.33 bits per heavy atom. The third-order valence-electron chi connectivity index (χ3n) is 4.56. The van der Waals surface area contributed by atoms with Crippen LogP contribution in [0, 0.1) is 0 Å². The van der Waals surface area contributed by atoms with E-state index in [0.717, 1.165) is 44.8 Å². The van der Waals surface area contributed by atoms with Gasteiger partial charge in [0.05, 0.1) is 13.1 Å². The molecule has 1 heterocycles. The number of anilines is 1. The van der Waals surface area contributed by atoms with Crippen LogP contribution >= 0.6 is 0 Å². The Balaban J connectivity index is 1.86. The number of fused-ring (bicyclic) bond motifs is 1. The van der Waals surface area contributed by atoms with E-state index in [0.29, 0.717) is 0 Å². The molecule has 0 fully saturated rings. The minimum atomic E-state index is 0.00567. The Kier molecular flexibility index (Phi) is 5.76. The van der Waals surface area contributed by atoms with Crippen molar-refractivity contribution in [3.63, 3.8) is 0 Å². The van der Waals surface area contributed by atoms with Crippen molar-refractivity contribution in [3.05, 3.63) is 29.8 Å². The molecule has 0 bridgehead atoms. The number of carbonyl (C=O) groups is 1. The average Bonchev–Trinajstić information content (AvgIpc) is 2.94. The molecule has 4 nitrogen and oxygen atoms in total. The van der Waals surface area contributed by atoms with Crippen molar-refractivity contribution in [3.8, 4) is 0 Å². The van der Waals surface area contributed by atoms with Crippen LogP contribution in [0.2, 0.25) is 0 Å². The third kappa shape index (κ3) is 3.83. The lowest BCUT2D eigenvalue weighted by molar-refractivity contribution is -0.910. The summed E-state index contributed by atoms with van der Waals surface area (Å²) in [4.78, 5) is 16.2. The molecule has 0 radical (unpaired) electrons. The summed E-state index contributed by atoms with van der Waals surface area (Å²) in [6.45, 7) is 11.8. The van der Waals surface area contributed by atoms with Crippen LogP contribution in [0.5, 0.6) is 0 Å². The smallest absolute Gasteiger partial charge is 0.284 e. The van der Waals surface area contributed by atoms with Crippen LogP contribution in [0.1, 0.15) is 26.3 Å². The zero-order valence-corrected chi connectivity index (χ0v) is 13.6. The van der Waals surface area contributed by atoms with E-state index in [1.165, 1.54) is 5.56 Å². The number of nitrogens with zero attached hydrogens (tertiary/aromatic N) is 1. The van der Waals surface area contributed by atoms with Crippen molar-refractivity contribution < 1.29 is 15.0 Å². The summed E-state index contributed by atoms with van der Waals surface area (Å²) in [5.41, 5.74) is 2.41. The molecule has 1 aliphatic heterocycles. The van der Waals surface area contributed by atoms with E-state index in [-0.39, 0.29) is 11.9 Å². The van der Waals surface area contributed by atoms with Crippen LogP contribution in [0.15, 0.2) is 24.3 Å². The molecular formula is C17H29N3O+2. The number of rotatable bonds is 7. The second kappa shape index (κ2) is 7.57. The van der Waals surface area contributed by atoms with E-state index in [2.05, 4.69) is 37.4 Å². The standard InChI is InChI=1S/C17H27N3O/c1-4-19(5-2)13-11-18-14(3)17(21)20-12-10-15-8-6-7-9-16(15)20/h6-9,14,18H,4-5,10-13H2,1-3H3/p+2/t14-/m0/s1. The van der Waals surface area contributed by atoms with Crippen molar-refractivity contribution in [2.75, 3.05) is 37.6 Å². The number of hydrogen-bond donors (Lipinski definition) is 2. The Labute approximate surface area is 128 Å². The highest BCUT2D eigenvalue weighted by Gasteiger charge is 2.29. The molecule has 0 unspecified atom stereocenters. The van der Waals surface area contributed by atoms with Crippen LogP contribution in [0.4, 0.5) is 5.69 Å². The molecule has 0 saturated carbocycles. The molecule has 1 amide bonds. The van der Waals surface area contributed by atoms with Gasteiger partial charge in [0.25, 0.3) is 5.91 Å². The van der Waals surface area contributed by atoms with Gasteiger partial charge in [0.15, 0.2) is 6.04 Å². The summed E-state index contributed by atoms with van der Waals surface area (Å²) < 4.78 is 0. The van der Waals surface area contributed by atoms with Gasteiger partial charge in [-0.05, 0) is 38.8 Å². The van der Waals surface area contributed by atoms with Crippen molar-refractivity contribution in [2.24, 2.45) is 0 Å².